The molecule has 1 aromatic heterocycles. The molecule has 0 aliphatic rings. The van der Waals surface area contributed by atoms with Gasteiger partial charge in [0.15, 0.2) is 0 Å². The Morgan fingerprint density at radius 2 is 2.20 bits per heavy atom. The summed E-state index contributed by atoms with van der Waals surface area (Å²) in [5.41, 5.74) is 1.09. The second kappa shape index (κ2) is 7.46. The number of hydrogen-bond acceptors (Lipinski definition) is 3. The van der Waals surface area contributed by atoms with Crippen molar-refractivity contribution in [1.82, 2.24) is 5.32 Å². The first kappa shape index (κ1) is 15.8. The van der Waals surface area contributed by atoms with Gasteiger partial charge in [-0.05, 0) is 53.7 Å². The van der Waals surface area contributed by atoms with E-state index >= 15 is 0 Å². The summed E-state index contributed by atoms with van der Waals surface area (Å²) in [4.78, 5) is 1.19. The smallest absolute Gasteiger partial charge is 0.124 e. The van der Waals surface area contributed by atoms with Crippen LogP contribution >= 0.6 is 38.9 Å². The van der Waals surface area contributed by atoms with E-state index in [1.54, 1.807) is 11.3 Å². The highest BCUT2D eigenvalue weighted by Crippen LogP contribution is 2.30. The molecule has 0 saturated heterocycles. The zero-order valence-electron chi connectivity index (χ0n) is 11.5. The van der Waals surface area contributed by atoms with Gasteiger partial charge in [-0.2, -0.15) is 0 Å². The minimum Gasteiger partial charge on any atom is -0.488 e. The Morgan fingerprint density at radius 3 is 2.85 bits per heavy atom. The lowest BCUT2D eigenvalue weighted by Gasteiger charge is -2.17. The highest BCUT2D eigenvalue weighted by atomic mass is 79.9. The topological polar surface area (TPSA) is 21.3 Å². The molecule has 0 amide bonds. The normalized spacial score (nSPS) is 12.4. The zero-order valence-corrected chi connectivity index (χ0v) is 14.6. The molecule has 108 valence electrons. The van der Waals surface area contributed by atoms with Crippen LogP contribution in [0, 0.1) is 0 Å². The van der Waals surface area contributed by atoms with Crippen LogP contribution in [0.3, 0.4) is 0 Å². The summed E-state index contributed by atoms with van der Waals surface area (Å²) in [6.45, 7) is 5.68. The van der Waals surface area contributed by atoms with Gasteiger partial charge < -0.3 is 10.1 Å². The highest BCUT2D eigenvalue weighted by Gasteiger charge is 2.12. The third-order valence-corrected chi connectivity index (χ3v) is 4.85. The van der Waals surface area contributed by atoms with Crippen molar-refractivity contribution in [2.75, 3.05) is 6.54 Å². The molecule has 1 aromatic carbocycles. The summed E-state index contributed by atoms with van der Waals surface area (Å²) >= 11 is 11.2. The van der Waals surface area contributed by atoms with Crippen LogP contribution in [0.25, 0.3) is 0 Å². The Morgan fingerprint density at radius 1 is 1.40 bits per heavy atom. The quantitative estimate of drug-likeness (QED) is 0.729. The van der Waals surface area contributed by atoms with Gasteiger partial charge in [0.25, 0.3) is 0 Å². The third-order valence-electron chi connectivity index (χ3n) is 2.94. The second-order valence-corrected chi connectivity index (χ2v) is 6.83. The molecule has 1 heterocycles. The van der Waals surface area contributed by atoms with Crippen LogP contribution in [0.2, 0.25) is 5.02 Å². The SMILES string of the molecule is CCNC(C)c1cc(Cl)ccc1OCc1cc(Br)cs1. The van der Waals surface area contributed by atoms with E-state index in [4.69, 9.17) is 16.3 Å². The van der Waals surface area contributed by atoms with Crippen LogP contribution in [0.4, 0.5) is 0 Å². The number of hydrogen-bond donors (Lipinski definition) is 1. The molecule has 1 unspecified atom stereocenters. The van der Waals surface area contributed by atoms with Crippen LogP contribution < -0.4 is 10.1 Å². The van der Waals surface area contributed by atoms with E-state index in [1.807, 2.05) is 18.2 Å². The maximum atomic E-state index is 6.09. The molecule has 2 aromatic rings. The molecule has 0 bridgehead atoms. The van der Waals surface area contributed by atoms with E-state index in [0.29, 0.717) is 6.61 Å². The van der Waals surface area contributed by atoms with Crippen LogP contribution in [-0.2, 0) is 6.61 Å². The summed E-state index contributed by atoms with van der Waals surface area (Å²) in [7, 11) is 0. The second-order valence-electron chi connectivity index (χ2n) is 4.48. The molecule has 1 N–H and O–H groups in total. The Labute approximate surface area is 137 Å². The van der Waals surface area contributed by atoms with E-state index in [-0.39, 0.29) is 6.04 Å². The van der Waals surface area contributed by atoms with Crippen molar-refractivity contribution in [2.45, 2.75) is 26.5 Å². The van der Waals surface area contributed by atoms with E-state index in [1.165, 1.54) is 4.88 Å². The maximum absolute atomic E-state index is 6.09. The van der Waals surface area contributed by atoms with E-state index in [9.17, 15) is 0 Å². The first-order valence-corrected chi connectivity index (χ1v) is 8.53. The molecule has 2 rings (SSSR count). The average Bonchev–Trinajstić information content (AvgIpc) is 2.83. The minimum absolute atomic E-state index is 0.212. The maximum Gasteiger partial charge on any atom is 0.124 e. The zero-order chi connectivity index (χ0) is 14.5. The van der Waals surface area contributed by atoms with Crippen molar-refractivity contribution in [3.63, 3.8) is 0 Å². The number of rotatable bonds is 6. The van der Waals surface area contributed by atoms with Gasteiger partial charge in [-0.1, -0.05) is 18.5 Å². The fraction of sp³-hybridized carbons (Fsp3) is 0.333. The summed E-state index contributed by atoms with van der Waals surface area (Å²) in [5.74, 6) is 0.882. The molecule has 0 saturated carbocycles. The molecule has 0 fully saturated rings. The predicted molar refractivity (Wildman–Crippen MR) is 89.9 cm³/mol. The largest absolute Gasteiger partial charge is 0.488 e. The molecule has 20 heavy (non-hydrogen) atoms. The first-order chi connectivity index (χ1) is 9.60. The number of thiophene rings is 1. The van der Waals surface area contributed by atoms with Crippen molar-refractivity contribution in [3.8, 4) is 5.75 Å². The first-order valence-electron chi connectivity index (χ1n) is 6.48. The lowest BCUT2D eigenvalue weighted by Crippen LogP contribution is -2.18. The molecule has 0 aliphatic heterocycles. The van der Waals surface area contributed by atoms with Gasteiger partial charge in [0.05, 0.1) is 0 Å². The predicted octanol–water partition coefficient (Wildman–Crippen LogP) is 5.41. The molecule has 1 atom stereocenters. The monoisotopic (exact) mass is 373 g/mol. The summed E-state index contributed by atoms with van der Waals surface area (Å²) in [6, 6.07) is 8.06. The lowest BCUT2D eigenvalue weighted by atomic mass is 10.1. The van der Waals surface area contributed by atoms with E-state index in [0.717, 1.165) is 27.4 Å². The van der Waals surface area contributed by atoms with Gasteiger partial charge in [0, 0.05) is 31.4 Å². The van der Waals surface area contributed by atoms with Crippen molar-refractivity contribution < 1.29 is 4.74 Å². The lowest BCUT2D eigenvalue weighted by molar-refractivity contribution is 0.303. The number of benzene rings is 1. The van der Waals surface area contributed by atoms with Crippen molar-refractivity contribution in [2.24, 2.45) is 0 Å². The molecule has 0 spiro atoms. The Balaban J connectivity index is 2.13. The van der Waals surface area contributed by atoms with Crippen molar-refractivity contribution >= 4 is 38.9 Å². The average molecular weight is 375 g/mol. The van der Waals surface area contributed by atoms with E-state index < -0.39 is 0 Å². The Kier molecular flexibility index (Phi) is 5.90. The number of halogens is 2. The summed E-state index contributed by atoms with van der Waals surface area (Å²) in [6.07, 6.45) is 0. The van der Waals surface area contributed by atoms with Crippen molar-refractivity contribution in [1.29, 1.82) is 0 Å². The van der Waals surface area contributed by atoms with Crippen molar-refractivity contribution in [3.05, 3.63) is 49.6 Å². The van der Waals surface area contributed by atoms with Crippen LogP contribution in [-0.4, -0.2) is 6.54 Å². The van der Waals surface area contributed by atoms with E-state index in [2.05, 4.69) is 46.5 Å². The molecular formula is C15H17BrClNOS. The molecule has 0 aliphatic carbocycles. The highest BCUT2D eigenvalue weighted by molar-refractivity contribution is 9.10. The fourth-order valence-electron chi connectivity index (χ4n) is 1.98. The van der Waals surface area contributed by atoms with Gasteiger partial charge in [-0.3, -0.25) is 0 Å². The molecule has 2 nitrogen and oxygen atoms in total. The standard InChI is InChI=1S/C15H17BrClNOS/c1-3-18-10(2)14-7-12(17)4-5-15(14)19-8-13-6-11(16)9-20-13/h4-7,9-10,18H,3,8H2,1-2H3. The molecular weight excluding hydrogens is 358 g/mol. The van der Waals surface area contributed by atoms with Gasteiger partial charge in [0.2, 0.25) is 0 Å². The van der Waals surface area contributed by atoms with Crippen LogP contribution in [0.1, 0.15) is 30.3 Å². The Hall–Kier alpha value is -0.550. The molecule has 0 radical (unpaired) electrons. The fourth-order valence-corrected chi connectivity index (χ4v) is 3.53. The Bertz CT molecular complexity index is 573. The third kappa shape index (κ3) is 4.22. The summed E-state index contributed by atoms with van der Waals surface area (Å²) < 4.78 is 7.05. The van der Waals surface area contributed by atoms with Gasteiger partial charge in [0.1, 0.15) is 12.4 Å². The van der Waals surface area contributed by atoms with Gasteiger partial charge in [-0.15, -0.1) is 11.3 Å². The number of nitrogens with one attached hydrogen (secondary N) is 1. The van der Waals surface area contributed by atoms with Crippen LogP contribution in [0.5, 0.6) is 5.75 Å². The summed E-state index contributed by atoms with van der Waals surface area (Å²) in [5, 5.41) is 6.18. The van der Waals surface area contributed by atoms with Gasteiger partial charge >= 0.3 is 0 Å². The van der Waals surface area contributed by atoms with Crippen LogP contribution in [0.15, 0.2) is 34.1 Å². The van der Waals surface area contributed by atoms with Gasteiger partial charge in [-0.25, -0.2) is 0 Å². The number of ether oxygens (including phenoxy) is 1. The molecule has 5 heteroatoms. The minimum atomic E-state index is 0.212.